The average molecular weight is 638 g/mol. The molecule has 7 N–H and O–H groups in total. The maximum atomic E-state index is 12.6. The predicted molar refractivity (Wildman–Crippen MR) is 174 cm³/mol. The van der Waals surface area contributed by atoms with Crippen molar-refractivity contribution in [2.45, 2.75) is 83.7 Å². The number of thiol groups is 1. The second-order valence-electron chi connectivity index (χ2n) is 12.7. The van der Waals surface area contributed by atoms with Gasteiger partial charge in [0.25, 0.3) is 0 Å². The SMILES string of the molecule is C=CC1=C(O)N[C@H](Cc2[nH]c(/C=C3/C(CCC(=O)O)=C(C)[C@]4(/C=C5\NC(=O)[C@H](C)[C@H]5[C@H](C)S)NN34)c(CCC(=O)O)c2C)C1C. The van der Waals surface area contributed by atoms with Crippen LogP contribution in [0.3, 0.4) is 0 Å². The van der Waals surface area contributed by atoms with Gasteiger partial charge in [0.05, 0.1) is 5.70 Å². The van der Waals surface area contributed by atoms with Crippen LogP contribution in [0.25, 0.3) is 6.08 Å². The minimum absolute atomic E-state index is 0.0236. The first-order valence-electron chi connectivity index (χ1n) is 15.4. The van der Waals surface area contributed by atoms with E-state index in [-0.39, 0.29) is 53.7 Å². The Kier molecular flexibility index (Phi) is 8.76. The van der Waals surface area contributed by atoms with Gasteiger partial charge < -0.3 is 30.9 Å². The van der Waals surface area contributed by atoms with Gasteiger partial charge in [0.1, 0.15) is 0 Å². The van der Waals surface area contributed by atoms with Crippen molar-refractivity contribution < 1.29 is 29.7 Å². The number of H-pyrrole nitrogens is 1. The molecule has 1 amide bonds. The maximum Gasteiger partial charge on any atom is 0.303 e. The van der Waals surface area contributed by atoms with E-state index in [0.29, 0.717) is 19.3 Å². The van der Waals surface area contributed by atoms with Crippen LogP contribution in [-0.2, 0) is 27.2 Å². The number of aliphatic hydroxyl groups is 1. The minimum atomic E-state index is -0.902. The lowest BCUT2D eigenvalue weighted by Crippen LogP contribution is -2.30. The number of carbonyl (C=O) groups excluding carboxylic acids is 1. The van der Waals surface area contributed by atoms with Gasteiger partial charge in [-0.25, -0.2) is 0 Å². The molecule has 2 fully saturated rings. The minimum Gasteiger partial charge on any atom is -0.495 e. The molecule has 0 bridgehead atoms. The summed E-state index contributed by atoms with van der Waals surface area (Å²) in [6, 6.07) is -0.0813. The molecule has 2 saturated heterocycles. The van der Waals surface area contributed by atoms with Gasteiger partial charge in [0.15, 0.2) is 11.5 Å². The molecule has 4 aliphatic heterocycles. The Morgan fingerprint density at radius 1 is 1.13 bits per heavy atom. The molecule has 5 heterocycles. The molecule has 1 aromatic heterocycles. The van der Waals surface area contributed by atoms with Crippen molar-refractivity contribution in [3.63, 3.8) is 0 Å². The number of rotatable bonds is 12. The number of aliphatic carboxylic acids is 2. The molecule has 0 saturated carbocycles. The number of hydrogen-bond acceptors (Lipinski definition) is 8. The standard InChI is InChI=1S/C33H43N5O6S/c1-7-20-15(2)24(35-32(20)44)12-23-16(3)21(8-10-28(39)40)25(34-23)13-27-22(9-11-29(41)42)18(5)33(37-38(27)33)14-26-30(19(6)45)17(4)31(43)36-26/h7,13-15,17,19,24,30,34-35,37,44-45H,1,8-12H2,2-6H3,(H,36,43)(H,39,40)(H,41,42)/b26-14-,27-13-/t15?,17-,19+,24-,30+,33-,38?/m1/s1. The fourth-order valence-electron chi connectivity index (χ4n) is 7.20. The third kappa shape index (κ3) is 5.81. The number of aromatic nitrogens is 1. The highest BCUT2D eigenvalue weighted by atomic mass is 32.1. The lowest BCUT2D eigenvalue weighted by Gasteiger charge is -2.19. The van der Waals surface area contributed by atoms with E-state index in [2.05, 4.69) is 40.3 Å². The molecule has 5 rings (SSSR count). The van der Waals surface area contributed by atoms with Gasteiger partial charge in [-0.3, -0.25) is 19.4 Å². The molecule has 0 radical (unpaired) electrons. The molecule has 4 aliphatic rings. The lowest BCUT2D eigenvalue weighted by atomic mass is 9.89. The van der Waals surface area contributed by atoms with E-state index in [4.69, 9.17) is 0 Å². The molecule has 1 aromatic rings. The van der Waals surface area contributed by atoms with Crippen LogP contribution in [0.4, 0.5) is 0 Å². The summed E-state index contributed by atoms with van der Waals surface area (Å²) < 4.78 is 0. The van der Waals surface area contributed by atoms with E-state index in [1.54, 1.807) is 6.08 Å². The number of amides is 1. The summed E-state index contributed by atoms with van der Waals surface area (Å²) in [5.74, 6) is -2.03. The Morgan fingerprint density at radius 3 is 2.40 bits per heavy atom. The molecule has 0 aromatic carbocycles. The van der Waals surface area contributed by atoms with Gasteiger partial charge in [0, 0.05) is 71.0 Å². The second kappa shape index (κ2) is 12.1. The van der Waals surface area contributed by atoms with Gasteiger partial charge in [0.2, 0.25) is 5.91 Å². The number of hydrogen-bond donors (Lipinski definition) is 8. The predicted octanol–water partition coefficient (Wildman–Crippen LogP) is 4.08. The first-order valence-corrected chi connectivity index (χ1v) is 15.9. The molecule has 0 aliphatic carbocycles. The topological polar surface area (TPSA) is 177 Å². The van der Waals surface area contributed by atoms with E-state index in [1.165, 1.54) is 0 Å². The summed E-state index contributed by atoms with van der Waals surface area (Å²) in [5.41, 5.74) is 10.4. The summed E-state index contributed by atoms with van der Waals surface area (Å²) in [6.07, 6.45) is 6.73. The molecule has 11 nitrogen and oxygen atoms in total. The quantitative estimate of drug-likeness (QED) is 0.124. The number of hydrazine groups is 1. The number of aliphatic hydroxyl groups excluding tert-OH is 1. The number of nitrogens with zero attached hydrogens (tertiary/aromatic N) is 1. The summed E-state index contributed by atoms with van der Waals surface area (Å²) in [6.45, 7) is 13.7. The average Bonchev–Trinajstić information content (AvgIpc) is 3.28. The van der Waals surface area contributed by atoms with Crippen LogP contribution in [0.2, 0.25) is 0 Å². The zero-order valence-electron chi connectivity index (χ0n) is 26.3. The molecule has 12 heteroatoms. The fraction of sp³-hybridized carbons (Fsp3) is 0.485. The van der Waals surface area contributed by atoms with Crippen LogP contribution < -0.4 is 16.1 Å². The summed E-state index contributed by atoms with van der Waals surface area (Å²) in [7, 11) is 0. The van der Waals surface area contributed by atoms with Gasteiger partial charge in [-0.15, -0.1) is 0 Å². The highest BCUT2D eigenvalue weighted by molar-refractivity contribution is 7.80. The third-order valence-electron chi connectivity index (χ3n) is 9.93. The Labute approximate surface area is 268 Å². The molecular formula is C33H43N5O6S. The summed E-state index contributed by atoms with van der Waals surface area (Å²) in [5, 5.41) is 37.5. The van der Waals surface area contributed by atoms with Gasteiger partial charge in [-0.1, -0.05) is 33.4 Å². The van der Waals surface area contributed by atoms with Gasteiger partial charge in [-0.05, 0) is 61.1 Å². The van der Waals surface area contributed by atoms with Crippen LogP contribution >= 0.6 is 12.6 Å². The van der Waals surface area contributed by atoms with Gasteiger partial charge >= 0.3 is 11.9 Å². The van der Waals surface area contributed by atoms with Crippen molar-refractivity contribution in [1.29, 1.82) is 0 Å². The smallest absolute Gasteiger partial charge is 0.303 e. The molecule has 6 atom stereocenters. The number of carboxylic acid groups (broad SMARTS) is 2. The van der Waals surface area contributed by atoms with E-state index in [1.807, 2.05) is 51.8 Å². The Morgan fingerprint density at radius 2 is 1.80 bits per heavy atom. The van der Waals surface area contributed by atoms with Gasteiger partial charge in [-0.2, -0.15) is 18.1 Å². The number of aromatic amines is 1. The second-order valence-corrected chi connectivity index (χ2v) is 13.5. The highest BCUT2D eigenvalue weighted by Gasteiger charge is 2.60. The van der Waals surface area contributed by atoms with Crippen LogP contribution in [0, 0.1) is 24.7 Å². The van der Waals surface area contributed by atoms with Crippen molar-refractivity contribution in [2.75, 3.05) is 0 Å². The third-order valence-corrected chi connectivity index (χ3v) is 10.3. The van der Waals surface area contributed by atoms with Crippen LogP contribution in [0.1, 0.15) is 69.5 Å². The number of carboxylic acids is 2. The summed E-state index contributed by atoms with van der Waals surface area (Å²) >= 11 is 4.66. The highest BCUT2D eigenvalue weighted by Crippen LogP contribution is 2.52. The van der Waals surface area contributed by atoms with Crippen molar-refractivity contribution in [3.05, 3.63) is 75.2 Å². The van der Waals surface area contributed by atoms with Crippen LogP contribution in [0.15, 0.2) is 52.7 Å². The molecule has 1 unspecified atom stereocenters. The number of nitrogens with one attached hydrogen (secondary N) is 4. The molecule has 45 heavy (non-hydrogen) atoms. The zero-order valence-corrected chi connectivity index (χ0v) is 27.2. The Balaban J connectivity index is 1.55. The van der Waals surface area contributed by atoms with Crippen molar-refractivity contribution in [3.8, 4) is 0 Å². The zero-order chi connectivity index (χ0) is 33.0. The van der Waals surface area contributed by atoms with Crippen molar-refractivity contribution in [2.24, 2.45) is 17.8 Å². The maximum absolute atomic E-state index is 12.6. The largest absolute Gasteiger partial charge is 0.495 e. The van der Waals surface area contributed by atoms with Crippen LogP contribution in [0.5, 0.6) is 0 Å². The number of carbonyl (C=O) groups is 3. The monoisotopic (exact) mass is 637 g/mol. The van der Waals surface area contributed by atoms with Crippen LogP contribution in [-0.4, -0.2) is 60.1 Å². The van der Waals surface area contributed by atoms with Crippen molar-refractivity contribution >= 4 is 36.6 Å². The summed E-state index contributed by atoms with van der Waals surface area (Å²) in [4.78, 5) is 39.4. The van der Waals surface area contributed by atoms with E-state index in [9.17, 15) is 29.7 Å². The Bertz CT molecular complexity index is 1590. The first kappa shape index (κ1) is 32.5. The molecular weight excluding hydrogens is 594 g/mol. The number of allylic oxidation sites excluding steroid dienone is 3. The first-order chi connectivity index (χ1) is 21.2. The molecule has 0 spiro atoms. The fourth-order valence-corrected chi connectivity index (χ4v) is 7.61. The molecule has 242 valence electrons. The Hall–Kier alpha value is -3.90. The van der Waals surface area contributed by atoms with E-state index in [0.717, 1.165) is 50.6 Å². The normalized spacial score (nSPS) is 29.8. The van der Waals surface area contributed by atoms with E-state index >= 15 is 0 Å². The lowest BCUT2D eigenvalue weighted by molar-refractivity contribution is -0.138. The number of fused-ring (bicyclic) bond motifs is 1. The van der Waals surface area contributed by atoms with E-state index < -0.39 is 17.6 Å². The van der Waals surface area contributed by atoms with Crippen molar-refractivity contribution in [1.82, 2.24) is 26.1 Å².